The van der Waals surface area contributed by atoms with Crippen molar-refractivity contribution in [3.05, 3.63) is 66.2 Å². The van der Waals surface area contributed by atoms with Crippen molar-refractivity contribution in [1.82, 2.24) is 10.6 Å². The van der Waals surface area contributed by atoms with Gasteiger partial charge in [-0.05, 0) is 17.7 Å². The molecule has 170 valence electrons. The van der Waals surface area contributed by atoms with Crippen molar-refractivity contribution >= 4 is 19.8 Å². The largest absolute Gasteiger partial charge is 0.530 e. The van der Waals surface area contributed by atoms with Crippen LogP contribution in [-0.4, -0.2) is 52.8 Å². The van der Waals surface area contributed by atoms with E-state index in [1.54, 1.807) is 54.6 Å². The van der Waals surface area contributed by atoms with Crippen LogP contribution in [0.5, 0.6) is 5.75 Å². The normalized spacial score (nSPS) is 28.9. The minimum Gasteiger partial charge on any atom is -0.404 e. The molecule has 0 saturated carbocycles. The average Bonchev–Trinajstić information content (AvgIpc) is 3.21. The van der Waals surface area contributed by atoms with Crippen LogP contribution in [-0.2, 0) is 29.8 Å². The van der Waals surface area contributed by atoms with Crippen molar-refractivity contribution in [1.29, 1.82) is 0 Å². The lowest BCUT2D eigenvalue weighted by Gasteiger charge is -2.23. The van der Waals surface area contributed by atoms with E-state index in [0.717, 1.165) is 0 Å². The highest BCUT2D eigenvalue weighted by Gasteiger charge is 2.63. The molecule has 4 N–H and O–H groups in total. The molecule has 2 aromatic rings. The molecule has 2 aromatic carbocycles. The van der Waals surface area contributed by atoms with Crippen LogP contribution in [0.2, 0.25) is 0 Å². The highest BCUT2D eigenvalue weighted by molar-refractivity contribution is 7.48. The number of carbonyl (C=O) groups excluding carboxylic acids is 2. The Morgan fingerprint density at radius 3 is 2.28 bits per heavy atom. The van der Waals surface area contributed by atoms with E-state index in [1.807, 2.05) is 11.4 Å². The molecule has 2 fully saturated rings. The molecule has 0 aromatic heterocycles. The second-order valence-corrected chi connectivity index (χ2v) is 8.74. The fraction of sp³-hybridized carbons (Fsp3) is 0.300. The third-order valence-electron chi connectivity index (χ3n) is 4.91. The van der Waals surface area contributed by atoms with Gasteiger partial charge in [-0.2, -0.15) is 0 Å². The van der Waals surface area contributed by atoms with Crippen molar-refractivity contribution in [2.75, 3.05) is 6.61 Å². The molecule has 0 radical (unpaired) electrons. The number of aliphatic hydroxyl groups excluding tert-OH is 2. The number of para-hydroxylation sites is 1. The molecule has 1 spiro atoms. The lowest BCUT2D eigenvalue weighted by molar-refractivity contribution is -0.153. The lowest BCUT2D eigenvalue weighted by atomic mass is 10.0. The molecule has 2 aliphatic heterocycles. The first-order valence-corrected chi connectivity index (χ1v) is 11.1. The van der Waals surface area contributed by atoms with Crippen LogP contribution < -0.4 is 15.2 Å². The SMILES string of the molecule is O=C1NC(=O)[C@@]2(N1)O[C@H](COP(=O)(OCc1ccccc1)Oc1ccccc1)[C@@H](O)[C@H]2O. The number of phosphoric acid groups is 1. The summed E-state index contributed by atoms with van der Waals surface area (Å²) in [5.41, 5.74) is -1.45. The fourth-order valence-corrected chi connectivity index (χ4v) is 4.49. The maximum Gasteiger partial charge on any atom is 0.530 e. The van der Waals surface area contributed by atoms with Crippen LogP contribution in [0.1, 0.15) is 5.56 Å². The highest BCUT2D eigenvalue weighted by atomic mass is 31.2. The van der Waals surface area contributed by atoms with Gasteiger partial charge < -0.3 is 19.5 Å². The van der Waals surface area contributed by atoms with Crippen LogP contribution in [0.4, 0.5) is 4.79 Å². The highest BCUT2D eigenvalue weighted by Crippen LogP contribution is 2.51. The van der Waals surface area contributed by atoms with Crippen molar-refractivity contribution in [3.8, 4) is 5.75 Å². The molecule has 12 heteroatoms. The zero-order valence-corrected chi connectivity index (χ0v) is 17.5. The molecule has 32 heavy (non-hydrogen) atoms. The number of ether oxygens (including phenoxy) is 1. The average molecular weight is 464 g/mol. The van der Waals surface area contributed by atoms with E-state index < -0.39 is 50.4 Å². The number of benzene rings is 2. The minimum atomic E-state index is -4.24. The van der Waals surface area contributed by atoms with Gasteiger partial charge in [0.05, 0.1) is 13.2 Å². The third kappa shape index (κ3) is 4.53. The standard InChI is InChI=1S/C20H21N2O9P/c23-16-15(30-20(17(16)24)18(25)21-19(26)22-20)12-29-32(27,31-14-9-5-2-6-10-14)28-11-13-7-3-1-4-8-13/h1-10,15-17,23-24H,11-12H2,(H2,21,22,25,26)/t15-,16-,17-,20+,32?/m1/s1. The summed E-state index contributed by atoms with van der Waals surface area (Å²) in [6, 6.07) is 16.2. The molecule has 0 aliphatic carbocycles. The van der Waals surface area contributed by atoms with Gasteiger partial charge in [-0.3, -0.25) is 24.5 Å². The summed E-state index contributed by atoms with van der Waals surface area (Å²) in [5.74, 6) is -0.740. The first-order valence-electron chi connectivity index (χ1n) is 9.66. The predicted octanol–water partition coefficient (Wildman–Crippen LogP) is 1.06. The zero-order valence-electron chi connectivity index (χ0n) is 16.6. The molecular weight excluding hydrogens is 443 g/mol. The number of carbonyl (C=O) groups is 2. The number of urea groups is 1. The topological polar surface area (TPSA) is 153 Å². The number of hydrogen-bond acceptors (Lipinski definition) is 9. The number of aliphatic hydroxyl groups is 2. The van der Waals surface area contributed by atoms with Gasteiger partial charge in [-0.1, -0.05) is 48.5 Å². The second-order valence-electron chi connectivity index (χ2n) is 7.14. The number of rotatable bonds is 8. The van der Waals surface area contributed by atoms with Crippen molar-refractivity contribution in [2.24, 2.45) is 0 Å². The van der Waals surface area contributed by atoms with Gasteiger partial charge in [-0.25, -0.2) is 9.36 Å². The Hall–Kier alpha value is -2.79. The predicted molar refractivity (Wildman–Crippen MR) is 108 cm³/mol. The zero-order chi connectivity index (χ0) is 22.8. The van der Waals surface area contributed by atoms with Crippen LogP contribution >= 0.6 is 7.82 Å². The Kier molecular flexibility index (Phi) is 6.29. The maximum atomic E-state index is 13.3. The van der Waals surface area contributed by atoms with E-state index in [4.69, 9.17) is 18.3 Å². The molecular formula is C20H21N2O9P. The van der Waals surface area contributed by atoms with Gasteiger partial charge in [0, 0.05) is 0 Å². The van der Waals surface area contributed by atoms with Gasteiger partial charge in [0.1, 0.15) is 24.1 Å². The third-order valence-corrected chi connectivity index (χ3v) is 6.26. The summed E-state index contributed by atoms with van der Waals surface area (Å²) in [6.45, 7) is -0.661. The van der Waals surface area contributed by atoms with Crippen LogP contribution in [0.3, 0.4) is 0 Å². The van der Waals surface area contributed by atoms with Gasteiger partial charge >= 0.3 is 13.9 Å². The molecule has 2 heterocycles. The van der Waals surface area contributed by atoms with Crippen molar-refractivity contribution in [2.45, 2.75) is 30.6 Å². The van der Waals surface area contributed by atoms with E-state index in [1.165, 1.54) is 0 Å². The van der Waals surface area contributed by atoms with Crippen LogP contribution in [0.15, 0.2) is 60.7 Å². The Labute approximate surface area is 182 Å². The molecule has 4 rings (SSSR count). The van der Waals surface area contributed by atoms with E-state index in [0.29, 0.717) is 5.56 Å². The van der Waals surface area contributed by atoms with Crippen molar-refractivity contribution in [3.63, 3.8) is 0 Å². The monoisotopic (exact) mass is 464 g/mol. The van der Waals surface area contributed by atoms with Crippen LogP contribution in [0.25, 0.3) is 0 Å². The van der Waals surface area contributed by atoms with Crippen LogP contribution in [0, 0.1) is 0 Å². The summed E-state index contributed by atoms with van der Waals surface area (Å²) in [5, 5.41) is 24.7. The fourth-order valence-electron chi connectivity index (χ4n) is 3.29. The van der Waals surface area contributed by atoms with Gasteiger partial charge in [0.25, 0.3) is 11.6 Å². The number of imide groups is 1. The second kappa shape index (κ2) is 8.99. The first-order chi connectivity index (χ1) is 15.3. The molecule has 1 unspecified atom stereocenters. The maximum absolute atomic E-state index is 13.3. The molecule has 3 amide bonds. The number of nitrogens with one attached hydrogen (secondary N) is 2. The summed E-state index contributed by atoms with van der Waals surface area (Å²) >= 11 is 0. The van der Waals surface area contributed by atoms with E-state index in [9.17, 15) is 24.4 Å². The molecule has 2 saturated heterocycles. The quantitative estimate of drug-likeness (QED) is 0.332. The summed E-state index contributed by atoms with van der Waals surface area (Å²) < 4.78 is 35.1. The van der Waals surface area contributed by atoms with Gasteiger partial charge in [-0.15, -0.1) is 0 Å². The van der Waals surface area contributed by atoms with E-state index in [2.05, 4.69) is 5.32 Å². The lowest BCUT2D eigenvalue weighted by Crippen LogP contribution is -2.56. The number of phosphoric ester groups is 1. The molecule has 11 nitrogen and oxygen atoms in total. The summed E-state index contributed by atoms with van der Waals surface area (Å²) in [4.78, 5) is 23.6. The van der Waals surface area contributed by atoms with Crippen molar-refractivity contribution < 1.29 is 42.7 Å². The van der Waals surface area contributed by atoms with E-state index in [-0.39, 0.29) is 12.4 Å². The summed E-state index contributed by atoms with van der Waals surface area (Å²) in [6.07, 6.45) is -4.72. The van der Waals surface area contributed by atoms with Gasteiger partial charge in [0.15, 0.2) is 0 Å². The Morgan fingerprint density at radius 2 is 1.66 bits per heavy atom. The number of amides is 3. The molecule has 2 aliphatic rings. The Bertz CT molecular complexity index is 1020. The molecule has 5 atom stereocenters. The van der Waals surface area contributed by atoms with Gasteiger partial charge in [0.2, 0.25) is 0 Å². The Morgan fingerprint density at radius 1 is 1.00 bits per heavy atom. The Balaban J connectivity index is 1.47. The van der Waals surface area contributed by atoms with E-state index >= 15 is 0 Å². The minimum absolute atomic E-state index is 0.0932. The smallest absolute Gasteiger partial charge is 0.404 e. The first kappa shape index (κ1) is 22.4. The molecule has 0 bridgehead atoms. The summed E-state index contributed by atoms with van der Waals surface area (Å²) in [7, 11) is -4.24. The number of hydrogen-bond donors (Lipinski definition) is 4.